The van der Waals surface area contributed by atoms with E-state index in [1.54, 1.807) is 30.3 Å². The summed E-state index contributed by atoms with van der Waals surface area (Å²) in [4.78, 5) is -0.922. The first-order valence-electron chi connectivity index (χ1n) is 11.5. The number of benzene rings is 4. The Bertz CT molecular complexity index is 1760. The van der Waals surface area contributed by atoms with Gasteiger partial charge in [0.1, 0.15) is 11.5 Å². The zero-order valence-electron chi connectivity index (χ0n) is 20.8. The van der Waals surface area contributed by atoms with E-state index in [1.807, 2.05) is 0 Å². The lowest BCUT2D eigenvalue weighted by atomic mass is 10.0. The third-order valence-corrected chi connectivity index (χ3v) is 8.11. The number of alkyl halides is 6. The zero-order chi connectivity index (χ0) is 30.8. The fourth-order valence-electron chi connectivity index (χ4n) is 3.58. The second-order valence-corrected chi connectivity index (χ2v) is 11.7. The summed E-state index contributed by atoms with van der Waals surface area (Å²) in [5, 5.41) is 0. The van der Waals surface area contributed by atoms with Crippen LogP contribution in [0.5, 0.6) is 11.5 Å². The Hall–Kier alpha value is -4.44. The lowest BCUT2D eigenvalue weighted by Crippen LogP contribution is -2.19. The Morgan fingerprint density at radius 1 is 0.500 bits per heavy atom. The van der Waals surface area contributed by atoms with Crippen molar-refractivity contribution in [3.05, 3.63) is 97.1 Å². The largest absolute Gasteiger partial charge is 0.573 e. The minimum absolute atomic E-state index is 0.257. The molecule has 42 heavy (non-hydrogen) atoms. The number of nitrogens with one attached hydrogen (secondary N) is 2. The van der Waals surface area contributed by atoms with E-state index in [2.05, 4.69) is 18.9 Å². The summed E-state index contributed by atoms with van der Waals surface area (Å²) in [5.74, 6) is -1.32. The third kappa shape index (κ3) is 8.07. The molecule has 0 spiro atoms. The van der Waals surface area contributed by atoms with Gasteiger partial charge in [-0.3, -0.25) is 9.44 Å². The smallest absolute Gasteiger partial charge is 0.406 e. The van der Waals surface area contributed by atoms with E-state index < -0.39 is 54.1 Å². The Morgan fingerprint density at radius 3 is 1.36 bits per heavy atom. The quantitative estimate of drug-likeness (QED) is 0.198. The molecule has 0 aromatic heterocycles. The fourth-order valence-corrected chi connectivity index (χ4v) is 5.73. The molecule has 0 aliphatic heterocycles. The van der Waals surface area contributed by atoms with Gasteiger partial charge in [-0.2, -0.15) is 0 Å². The Balaban J connectivity index is 1.67. The number of anilines is 2. The first kappa shape index (κ1) is 30.5. The Morgan fingerprint density at radius 2 is 0.929 bits per heavy atom. The van der Waals surface area contributed by atoms with Gasteiger partial charge < -0.3 is 9.47 Å². The van der Waals surface area contributed by atoms with Gasteiger partial charge in [-0.1, -0.05) is 36.4 Å². The molecular weight excluding hydrogens is 614 g/mol. The fraction of sp³-hybridized carbons (Fsp3) is 0.0769. The van der Waals surface area contributed by atoms with Crippen molar-refractivity contribution in [3.63, 3.8) is 0 Å². The number of ether oxygens (including phenoxy) is 2. The van der Waals surface area contributed by atoms with E-state index in [0.29, 0.717) is 11.1 Å². The molecule has 0 atom stereocenters. The summed E-state index contributed by atoms with van der Waals surface area (Å²) in [6.07, 6.45) is -9.98. The molecule has 0 heterocycles. The van der Waals surface area contributed by atoms with Gasteiger partial charge in [0, 0.05) is 0 Å². The van der Waals surface area contributed by atoms with Crippen LogP contribution in [0, 0.1) is 0 Å². The maximum absolute atomic E-state index is 13.1. The minimum atomic E-state index is -4.99. The van der Waals surface area contributed by atoms with Crippen LogP contribution < -0.4 is 18.9 Å². The maximum atomic E-state index is 13.1. The maximum Gasteiger partial charge on any atom is 0.573 e. The summed E-state index contributed by atoms with van der Waals surface area (Å²) < 4.78 is 139. The van der Waals surface area contributed by atoms with E-state index in [4.69, 9.17) is 0 Å². The van der Waals surface area contributed by atoms with E-state index >= 15 is 0 Å². The highest BCUT2D eigenvalue weighted by Crippen LogP contribution is 2.33. The van der Waals surface area contributed by atoms with Crippen LogP contribution in [0.2, 0.25) is 0 Å². The average Bonchev–Trinajstić information content (AvgIpc) is 2.89. The van der Waals surface area contributed by atoms with Crippen molar-refractivity contribution in [3.8, 4) is 22.6 Å². The van der Waals surface area contributed by atoms with Crippen LogP contribution in [0.25, 0.3) is 11.1 Å². The van der Waals surface area contributed by atoms with Crippen LogP contribution in [0.4, 0.5) is 37.7 Å². The van der Waals surface area contributed by atoms with E-state index in [1.165, 1.54) is 18.2 Å². The number of hydrogen-bond donors (Lipinski definition) is 2. The molecule has 0 radical (unpaired) electrons. The molecule has 0 amide bonds. The molecule has 0 aliphatic carbocycles. The summed E-state index contributed by atoms with van der Waals surface area (Å²) in [5.41, 5.74) is 0.596. The number of sulfonamides is 2. The predicted octanol–water partition coefficient (Wildman–Crippen LogP) is 6.75. The number of halogens is 6. The Labute approximate surface area is 235 Å². The standard InChI is InChI=1S/C26H18F6N2O6S2/c27-25(28,29)39-19-7-11-21(12-8-19)41(35,36)33-23-15-6-18(17-4-2-1-3-5-17)16-24(23)34-42(37,38)22-13-9-20(10-14-22)40-26(30,31)32/h1-16,33-34H. The lowest BCUT2D eigenvalue weighted by molar-refractivity contribution is -0.275. The van der Waals surface area contributed by atoms with Crippen molar-refractivity contribution in [2.24, 2.45) is 0 Å². The van der Waals surface area contributed by atoms with E-state index in [0.717, 1.165) is 48.5 Å². The molecule has 4 rings (SSSR count). The van der Waals surface area contributed by atoms with Gasteiger partial charge in [-0.15, -0.1) is 26.3 Å². The molecule has 0 bridgehead atoms. The van der Waals surface area contributed by atoms with Crippen molar-refractivity contribution < 1.29 is 52.7 Å². The molecule has 16 heteroatoms. The average molecular weight is 633 g/mol. The van der Waals surface area contributed by atoms with Crippen molar-refractivity contribution >= 4 is 31.4 Å². The van der Waals surface area contributed by atoms with Gasteiger partial charge in [-0.05, 0) is 71.8 Å². The molecule has 222 valence electrons. The van der Waals surface area contributed by atoms with Crippen molar-refractivity contribution in [2.45, 2.75) is 22.5 Å². The van der Waals surface area contributed by atoms with Gasteiger partial charge in [-0.25, -0.2) is 16.8 Å². The van der Waals surface area contributed by atoms with Gasteiger partial charge in [0.25, 0.3) is 20.0 Å². The number of rotatable bonds is 9. The molecule has 8 nitrogen and oxygen atoms in total. The normalized spacial score (nSPS) is 12.4. The van der Waals surface area contributed by atoms with Crippen LogP contribution in [0.3, 0.4) is 0 Å². The van der Waals surface area contributed by atoms with Gasteiger partial charge in [0.2, 0.25) is 0 Å². The Kier molecular flexibility index (Phi) is 8.31. The van der Waals surface area contributed by atoms with Crippen molar-refractivity contribution in [2.75, 3.05) is 9.44 Å². The summed E-state index contributed by atoms with van der Waals surface area (Å²) in [6.45, 7) is 0. The first-order chi connectivity index (χ1) is 19.5. The molecular formula is C26H18F6N2O6S2. The van der Waals surface area contributed by atoms with Gasteiger partial charge in [0.05, 0.1) is 21.2 Å². The van der Waals surface area contributed by atoms with Crippen LogP contribution in [0.15, 0.2) is 107 Å². The minimum Gasteiger partial charge on any atom is -0.406 e. The van der Waals surface area contributed by atoms with Gasteiger partial charge >= 0.3 is 12.7 Å². The van der Waals surface area contributed by atoms with Crippen LogP contribution in [-0.4, -0.2) is 29.6 Å². The molecule has 4 aromatic rings. The summed E-state index contributed by atoms with van der Waals surface area (Å²) in [7, 11) is -8.94. The van der Waals surface area contributed by atoms with Crippen LogP contribution >= 0.6 is 0 Å². The highest BCUT2D eigenvalue weighted by Gasteiger charge is 2.32. The molecule has 0 unspecified atom stereocenters. The highest BCUT2D eigenvalue weighted by molar-refractivity contribution is 7.93. The second-order valence-electron chi connectivity index (χ2n) is 8.38. The van der Waals surface area contributed by atoms with Crippen LogP contribution in [0.1, 0.15) is 0 Å². The zero-order valence-corrected chi connectivity index (χ0v) is 22.4. The molecule has 2 N–H and O–H groups in total. The summed E-state index contributed by atoms with van der Waals surface area (Å²) in [6, 6.07) is 19.3. The van der Waals surface area contributed by atoms with Crippen LogP contribution in [-0.2, 0) is 20.0 Å². The monoisotopic (exact) mass is 632 g/mol. The lowest BCUT2D eigenvalue weighted by Gasteiger charge is -2.17. The van der Waals surface area contributed by atoms with E-state index in [9.17, 15) is 43.2 Å². The molecule has 0 saturated heterocycles. The first-order valence-corrected chi connectivity index (χ1v) is 14.4. The third-order valence-electron chi connectivity index (χ3n) is 5.35. The van der Waals surface area contributed by atoms with Gasteiger partial charge in [0.15, 0.2) is 0 Å². The SMILES string of the molecule is O=S(=O)(Nc1ccc(-c2ccccc2)cc1NS(=O)(=O)c1ccc(OC(F)(F)F)cc1)c1ccc(OC(F)(F)F)cc1. The van der Waals surface area contributed by atoms with Crippen molar-refractivity contribution in [1.82, 2.24) is 0 Å². The second kappa shape index (κ2) is 11.4. The molecule has 0 fully saturated rings. The molecule has 0 aliphatic rings. The topological polar surface area (TPSA) is 111 Å². The summed E-state index contributed by atoms with van der Waals surface area (Å²) >= 11 is 0. The highest BCUT2D eigenvalue weighted by atomic mass is 32.2. The number of hydrogen-bond acceptors (Lipinski definition) is 6. The van der Waals surface area contributed by atoms with Crippen molar-refractivity contribution in [1.29, 1.82) is 0 Å². The molecule has 0 saturated carbocycles. The molecule has 4 aromatic carbocycles. The predicted molar refractivity (Wildman–Crippen MR) is 140 cm³/mol. The van der Waals surface area contributed by atoms with E-state index in [-0.39, 0.29) is 11.4 Å².